The smallest absolute Gasteiger partial charge is 0.399 e. The summed E-state index contributed by atoms with van der Waals surface area (Å²) in [6, 6.07) is 51.0. The molecular weight excluding hydrogens is 573 g/mol. The summed E-state index contributed by atoms with van der Waals surface area (Å²) >= 11 is 0. The molecule has 0 radical (unpaired) electrons. The van der Waals surface area contributed by atoms with Crippen LogP contribution in [0.15, 0.2) is 140 Å². The van der Waals surface area contributed by atoms with E-state index in [0.29, 0.717) is 0 Å². The van der Waals surface area contributed by atoms with Gasteiger partial charge >= 0.3 is 7.12 Å². The molecule has 6 aromatic carbocycles. The molecule has 9 rings (SSSR count). The van der Waals surface area contributed by atoms with Crippen LogP contribution in [0.3, 0.4) is 0 Å². The van der Waals surface area contributed by atoms with E-state index >= 15 is 0 Å². The molecule has 3 nitrogen and oxygen atoms in total. The molecule has 1 saturated heterocycles. The van der Waals surface area contributed by atoms with Gasteiger partial charge in [0.2, 0.25) is 0 Å². The molecule has 0 spiro atoms. The van der Waals surface area contributed by atoms with Crippen molar-refractivity contribution in [3.8, 4) is 27.9 Å². The maximum absolute atomic E-state index is 6.42. The predicted molar refractivity (Wildman–Crippen MR) is 195 cm³/mol. The van der Waals surface area contributed by atoms with Crippen molar-refractivity contribution in [2.45, 2.75) is 44.8 Å². The summed E-state index contributed by atoms with van der Waals surface area (Å²) in [7, 11) is -0.411. The topological polar surface area (TPSA) is 23.4 Å². The van der Waals surface area contributed by atoms with Crippen molar-refractivity contribution in [3.05, 3.63) is 156 Å². The van der Waals surface area contributed by atoms with Gasteiger partial charge in [0.25, 0.3) is 0 Å². The van der Waals surface area contributed by atoms with Crippen LogP contribution in [0.25, 0.3) is 49.7 Å². The Morgan fingerprint density at radius 3 is 2.02 bits per heavy atom. The van der Waals surface area contributed by atoms with E-state index in [-0.39, 0.29) is 17.1 Å². The standard InChI is InChI=1S/C43H36BNO2/c1-42(2)43(3,4)47-44(46-42)31-15-12-16-32(27-31)45-39-20-11-10-18-34(39)38-26-30(22-24-40(38)45)29-21-23-36-37(25-29)33-17-8-9-19-35(33)41(36)28-13-6-5-7-14-28/h5-27,41H,1-4H3. The second-order valence-electron chi connectivity index (χ2n) is 14.0. The van der Waals surface area contributed by atoms with Crippen molar-refractivity contribution in [3.63, 3.8) is 0 Å². The summed E-state index contributed by atoms with van der Waals surface area (Å²) in [5, 5.41) is 2.48. The van der Waals surface area contributed by atoms with E-state index in [4.69, 9.17) is 9.31 Å². The molecule has 0 N–H and O–H groups in total. The number of rotatable bonds is 4. The van der Waals surface area contributed by atoms with Gasteiger partial charge in [0.1, 0.15) is 0 Å². The maximum Gasteiger partial charge on any atom is 0.494 e. The molecule has 228 valence electrons. The number of fused-ring (bicyclic) bond motifs is 6. The van der Waals surface area contributed by atoms with Crippen LogP contribution in [0, 0.1) is 0 Å². The highest BCUT2D eigenvalue weighted by molar-refractivity contribution is 6.62. The zero-order valence-corrected chi connectivity index (χ0v) is 27.2. The minimum Gasteiger partial charge on any atom is -0.399 e. The molecule has 4 heteroatoms. The predicted octanol–water partition coefficient (Wildman–Crippen LogP) is 9.91. The number of para-hydroxylation sites is 1. The van der Waals surface area contributed by atoms with Crippen molar-refractivity contribution in [2.24, 2.45) is 0 Å². The lowest BCUT2D eigenvalue weighted by atomic mass is 9.79. The van der Waals surface area contributed by atoms with Crippen LogP contribution >= 0.6 is 0 Å². The Morgan fingerprint density at radius 1 is 0.532 bits per heavy atom. The molecule has 7 aromatic rings. The van der Waals surface area contributed by atoms with E-state index in [1.54, 1.807) is 0 Å². The number of hydrogen-bond donors (Lipinski definition) is 0. The van der Waals surface area contributed by atoms with Crippen LogP contribution in [0.4, 0.5) is 0 Å². The fraction of sp³-hybridized carbons (Fsp3) is 0.163. The van der Waals surface area contributed by atoms with Crippen molar-refractivity contribution < 1.29 is 9.31 Å². The Morgan fingerprint density at radius 2 is 1.19 bits per heavy atom. The van der Waals surface area contributed by atoms with E-state index in [2.05, 4.69) is 172 Å². The van der Waals surface area contributed by atoms with Gasteiger partial charge in [0.05, 0.1) is 22.2 Å². The van der Waals surface area contributed by atoms with Crippen LogP contribution in [-0.4, -0.2) is 22.9 Å². The number of benzene rings is 6. The second kappa shape index (κ2) is 10.3. The van der Waals surface area contributed by atoms with Crippen molar-refractivity contribution >= 4 is 34.4 Å². The zero-order chi connectivity index (χ0) is 31.9. The molecule has 0 saturated carbocycles. The maximum atomic E-state index is 6.42. The summed E-state index contributed by atoms with van der Waals surface area (Å²) in [6.07, 6.45) is 0. The minimum absolute atomic E-state index is 0.254. The number of hydrogen-bond acceptors (Lipinski definition) is 2. The molecule has 1 unspecified atom stereocenters. The molecule has 0 amide bonds. The molecule has 0 bridgehead atoms. The largest absolute Gasteiger partial charge is 0.494 e. The average molecular weight is 610 g/mol. The van der Waals surface area contributed by atoms with Gasteiger partial charge in [0, 0.05) is 22.4 Å². The van der Waals surface area contributed by atoms with Gasteiger partial charge < -0.3 is 13.9 Å². The zero-order valence-electron chi connectivity index (χ0n) is 27.2. The Hall–Kier alpha value is -4.90. The summed E-state index contributed by atoms with van der Waals surface area (Å²) in [5.74, 6) is 0.254. The van der Waals surface area contributed by atoms with Gasteiger partial charge in [-0.3, -0.25) is 0 Å². The monoisotopic (exact) mass is 609 g/mol. The van der Waals surface area contributed by atoms with Gasteiger partial charge in [-0.25, -0.2) is 0 Å². The third kappa shape index (κ3) is 4.36. The van der Waals surface area contributed by atoms with Gasteiger partial charge in [-0.1, -0.05) is 103 Å². The Bertz CT molecular complexity index is 2320. The van der Waals surface area contributed by atoms with Gasteiger partial charge in [-0.15, -0.1) is 0 Å². The summed E-state index contributed by atoms with van der Waals surface area (Å²) < 4.78 is 15.2. The average Bonchev–Trinajstić information content (AvgIpc) is 3.68. The van der Waals surface area contributed by atoms with Crippen molar-refractivity contribution in [1.82, 2.24) is 4.57 Å². The Kier molecular flexibility index (Phi) is 6.21. The van der Waals surface area contributed by atoms with Gasteiger partial charge in [-0.05, 0) is 109 Å². The van der Waals surface area contributed by atoms with Crippen LogP contribution in [0.5, 0.6) is 0 Å². The van der Waals surface area contributed by atoms with Crippen molar-refractivity contribution in [1.29, 1.82) is 0 Å². The number of aromatic nitrogens is 1. The first-order valence-electron chi connectivity index (χ1n) is 16.6. The van der Waals surface area contributed by atoms with Crippen LogP contribution in [0.2, 0.25) is 0 Å². The highest BCUT2D eigenvalue weighted by Crippen LogP contribution is 2.49. The quantitative estimate of drug-likeness (QED) is 0.186. The molecule has 47 heavy (non-hydrogen) atoms. The van der Waals surface area contributed by atoms with Crippen LogP contribution in [0.1, 0.15) is 50.3 Å². The highest BCUT2D eigenvalue weighted by atomic mass is 16.7. The van der Waals surface area contributed by atoms with Crippen LogP contribution in [-0.2, 0) is 9.31 Å². The van der Waals surface area contributed by atoms with E-state index < -0.39 is 7.12 Å². The lowest BCUT2D eigenvalue weighted by Crippen LogP contribution is -2.41. The summed E-state index contributed by atoms with van der Waals surface area (Å²) in [6.45, 7) is 8.40. The molecule has 1 aromatic heterocycles. The van der Waals surface area contributed by atoms with Gasteiger partial charge in [-0.2, -0.15) is 0 Å². The van der Waals surface area contributed by atoms with Crippen molar-refractivity contribution in [2.75, 3.05) is 0 Å². The normalized spacial score (nSPS) is 17.7. The van der Waals surface area contributed by atoms with Crippen LogP contribution < -0.4 is 5.46 Å². The first kappa shape index (κ1) is 28.3. The first-order valence-corrected chi connectivity index (χ1v) is 16.6. The molecular formula is C43H36BNO2. The SMILES string of the molecule is CC1(C)OB(c2cccc(-n3c4ccccc4c4cc(-c5ccc6c(c5)-c5ccccc5C6c5ccccc5)ccc43)c2)OC1(C)C. The lowest BCUT2D eigenvalue weighted by molar-refractivity contribution is 0.00578. The third-order valence-electron chi connectivity index (χ3n) is 10.7. The third-order valence-corrected chi connectivity index (χ3v) is 10.7. The fourth-order valence-corrected chi connectivity index (χ4v) is 7.61. The minimum atomic E-state index is -0.411. The molecule has 2 heterocycles. The molecule has 2 aliphatic rings. The molecule has 1 aliphatic carbocycles. The Balaban J connectivity index is 1.15. The molecule has 1 atom stereocenters. The first-order chi connectivity index (χ1) is 22.8. The van der Waals surface area contributed by atoms with E-state index in [1.165, 1.54) is 60.8 Å². The second-order valence-corrected chi connectivity index (χ2v) is 14.0. The molecule has 1 fully saturated rings. The summed E-state index contributed by atoms with van der Waals surface area (Å²) in [4.78, 5) is 0. The van der Waals surface area contributed by atoms with Gasteiger partial charge in [0.15, 0.2) is 0 Å². The highest BCUT2D eigenvalue weighted by Gasteiger charge is 2.51. The fourth-order valence-electron chi connectivity index (χ4n) is 7.61. The number of nitrogens with zero attached hydrogens (tertiary/aromatic N) is 1. The molecule has 1 aliphatic heterocycles. The summed E-state index contributed by atoms with van der Waals surface area (Å²) in [5.41, 5.74) is 12.9. The Labute approximate surface area is 276 Å². The van der Waals surface area contributed by atoms with E-state index in [0.717, 1.165) is 11.2 Å². The van der Waals surface area contributed by atoms with E-state index in [9.17, 15) is 0 Å². The lowest BCUT2D eigenvalue weighted by Gasteiger charge is -2.32. The van der Waals surface area contributed by atoms with E-state index in [1.807, 2.05) is 0 Å².